The topological polar surface area (TPSA) is 126 Å². The van der Waals surface area contributed by atoms with Crippen molar-refractivity contribution in [3.63, 3.8) is 0 Å². The minimum atomic E-state index is -3.67. The van der Waals surface area contributed by atoms with E-state index in [1.807, 2.05) is 19.9 Å². The monoisotopic (exact) mass is 583 g/mol. The first-order valence-electron chi connectivity index (χ1n) is 11.4. The SMILES string of the molecule is CC.CC(C)C.C[N-]OCC(=O)N1CCC[C@H]1C(=O)N[C@H](C#N)C[C@@H]1CCNC1=O.FC(F)F.[Y]. The molecule has 2 heterocycles. The van der Waals surface area contributed by atoms with Gasteiger partial charge in [0.2, 0.25) is 17.7 Å². The normalized spacial score (nSPS) is 18.9. The summed E-state index contributed by atoms with van der Waals surface area (Å²) < 4.78 is 29.0. The van der Waals surface area contributed by atoms with Crippen LogP contribution in [0.5, 0.6) is 0 Å². The van der Waals surface area contributed by atoms with Gasteiger partial charge in [-0.2, -0.15) is 18.4 Å². The van der Waals surface area contributed by atoms with Gasteiger partial charge >= 0.3 is 6.68 Å². The van der Waals surface area contributed by atoms with Crippen molar-refractivity contribution in [3.05, 3.63) is 5.48 Å². The average Bonchev–Trinajstić information content (AvgIpc) is 3.41. The van der Waals surface area contributed by atoms with E-state index in [2.05, 4.69) is 36.9 Å². The molecule has 0 spiro atoms. The third-order valence-electron chi connectivity index (χ3n) is 4.35. The summed E-state index contributed by atoms with van der Waals surface area (Å²) >= 11 is 0. The first-order chi connectivity index (χ1) is 16.0. The van der Waals surface area contributed by atoms with Gasteiger partial charge in [0, 0.05) is 51.7 Å². The van der Waals surface area contributed by atoms with Gasteiger partial charge in [-0.15, -0.1) is 7.05 Å². The second-order valence-electron chi connectivity index (χ2n) is 7.88. The number of nitriles is 1. The molecular weight excluding hydrogens is 544 g/mol. The van der Waals surface area contributed by atoms with E-state index in [1.54, 1.807) is 0 Å². The summed E-state index contributed by atoms with van der Waals surface area (Å²) in [5, 5.41) is 14.6. The van der Waals surface area contributed by atoms with E-state index in [0.29, 0.717) is 25.9 Å². The Bertz CT molecular complexity index is 627. The molecule has 2 saturated heterocycles. The number of hydrogen-bond acceptors (Lipinski definition) is 5. The van der Waals surface area contributed by atoms with Gasteiger partial charge in [-0.1, -0.05) is 34.6 Å². The smallest absolute Gasteiger partial charge is 0.379 e. The molecule has 0 saturated carbocycles. The van der Waals surface area contributed by atoms with Gasteiger partial charge in [0.15, 0.2) is 0 Å². The minimum absolute atomic E-state index is 0. The second kappa shape index (κ2) is 23.1. The van der Waals surface area contributed by atoms with Gasteiger partial charge in [0.25, 0.3) is 0 Å². The maximum absolute atomic E-state index is 12.4. The Balaban J connectivity index is -0.000000799. The van der Waals surface area contributed by atoms with Crippen LogP contribution in [0.4, 0.5) is 13.2 Å². The van der Waals surface area contributed by atoms with Crippen LogP contribution in [-0.4, -0.2) is 68.1 Å². The fourth-order valence-corrected chi connectivity index (χ4v) is 3.11. The average molecular weight is 583 g/mol. The molecule has 2 N–H and O–H groups in total. The number of nitrogens with zero attached hydrogens (tertiary/aromatic N) is 3. The Morgan fingerprint density at radius 1 is 1.26 bits per heavy atom. The molecule has 35 heavy (non-hydrogen) atoms. The van der Waals surface area contributed by atoms with Crippen LogP contribution in [0.3, 0.4) is 0 Å². The van der Waals surface area contributed by atoms with Crippen molar-refractivity contribution in [2.24, 2.45) is 11.8 Å². The maximum atomic E-state index is 12.4. The molecule has 0 aromatic rings. The van der Waals surface area contributed by atoms with Crippen LogP contribution in [-0.2, 0) is 51.9 Å². The Labute approximate surface area is 232 Å². The van der Waals surface area contributed by atoms with Gasteiger partial charge in [-0.05, 0) is 31.6 Å². The third-order valence-corrected chi connectivity index (χ3v) is 4.35. The summed E-state index contributed by atoms with van der Waals surface area (Å²) in [5.41, 5.74) is 3.41. The Morgan fingerprint density at radius 3 is 2.23 bits per heavy atom. The molecule has 3 amide bonds. The molecule has 2 rings (SSSR count). The van der Waals surface area contributed by atoms with Gasteiger partial charge < -0.3 is 25.9 Å². The van der Waals surface area contributed by atoms with Gasteiger partial charge in [-0.3, -0.25) is 14.4 Å². The quantitative estimate of drug-likeness (QED) is 0.445. The fraction of sp³-hybridized carbons (Fsp3) is 0.818. The summed E-state index contributed by atoms with van der Waals surface area (Å²) in [6, 6.07) is 0.677. The van der Waals surface area contributed by atoms with E-state index in [0.717, 1.165) is 12.3 Å². The zero-order valence-corrected chi connectivity index (χ0v) is 24.4. The number of halogens is 3. The Hall–Kier alpha value is -1.29. The second-order valence-corrected chi connectivity index (χ2v) is 7.88. The third kappa shape index (κ3) is 18.6. The molecule has 0 aliphatic carbocycles. The largest absolute Gasteiger partial charge is 0.537 e. The van der Waals surface area contributed by atoms with E-state index in [9.17, 15) is 32.8 Å². The first-order valence-corrected chi connectivity index (χ1v) is 11.4. The van der Waals surface area contributed by atoms with Crippen molar-refractivity contribution in [1.29, 1.82) is 5.26 Å². The van der Waals surface area contributed by atoms with Crippen molar-refractivity contribution in [2.75, 3.05) is 26.7 Å². The molecule has 9 nitrogen and oxygen atoms in total. The van der Waals surface area contributed by atoms with Gasteiger partial charge in [0.1, 0.15) is 18.7 Å². The number of nitrogens with one attached hydrogen (secondary N) is 2. The maximum Gasteiger partial charge on any atom is 0.379 e. The zero-order chi connectivity index (χ0) is 26.7. The molecule has 2 fully saturated rings. The predicted molar refractivity (Wildman–Crippen MR) is 122 cm³/mol. The van der Waals surface area contributed by atoms with E-state index < -0.39 is 18.8 Å². The minimum Gasteiger partial charge on any atom is -0.537 e. The standard InChI is InChI=1S/C15H22N5O4.C4H10.C2H6.CHF3.Y/c1-17-24-9-13(21)20-6-2-3-12(20)15(23)19-11(8-16)7-10-4-5-18-14(10)22;1-4(2)3;1-2;2-1(3)4;/h10-12H,2-7,9H2,1H3,(H,18,22)(H,19,23);4H,1-3H3;1-2H3;1H;/q-1;;;;/t10-,11-,12-;;;;/m0..../s1. The number of amides is 3. The predicted octanol–water partition coefficient (Wildman–Crippen LogP) is 3.31. The van der Waals surface area contributed by atoms with Crippen LogP contribution in [0.15, 0.2) is 0 Å². The van der Waals surface area contributed by atoms with E-state index >= 15 is 0 Å². The van der Waals surface area contributed by atoms with Crippen LogP contribution < -0.4 is 10.6 Å². The molecule has 2 aliphatic heterocycles. The molecule has 0 aromatic heterocycles. The number of likely N-dealkylation sites (tertiary alicyclic amines) is 1. The number of carbonyl (C=O) groups excluding carboxylic acids is 3. The summed E-state index contributed by atoms with van der Waals surface area (Å²) in [4.78, 5) is 42.3. The fourth-order valence-electron chi connectivity index (χ4n) is 3.11. The first kappa shape index (κ1) is 38.2. The molecule has 0 aromatic carbocycles. The van der Waals surface area contributed by atoms with Gasteiger partial charge in [-0.25, -0.2) is 0 Å². The number of hydrogen-bond donors (Lipinski definition) is 2. The summed E-state index contributed by atoms with van der Waals surface area (Å²) in [6.45, 7) is 7.71. The van der Waals surface area contributed by atoms with Crippen molar-refractivity contribution in [3.8, 4) is 6.07 Å². The molecule has 0 bridgehead atoms. The molecule has 1 radical (unpaired) electrons. The molecule has 3 atom stereocenters. The Morgan fingerprint density at radius 2 is 1.80 bits per heavy atom. The number of hydroxylamine groups is 1. The van der Waals surface area contributed by atoms with Crippen molar-refractivity contribution >= 4 is 17.7 Å². The number of alkyl halides is 3. The molecule has 2 aliphatic rings. The van der Waals surface area contributed by atoms with Crippen LogP contribution in [0.25, 0.3) is 5.48 Å². The van der Waals surface area contributed by atoms with Gasteiger partial charge in [0.05, 0.1) is 6.07 Å². The molecule has 13 heteroatoms. The van der Waals surface area contributed by atoms with Crippen molar-refractivity contribution in [2.45, 2.75) is 79.1 Å². The van der Waals surface area contributed by atoms with Crippen molar-refractivity contribution < 1.29 is 65.1 Å². The number of carbonyl (C=O) groups is 3. The zero-order valence-electron chi connectivity index (χ0n) is 21.5. The summed E-state index contributed by atoms with van der Waals surface area (Å²) in [5.74, 6) is -0.167. The molecule has 0 unspecified atom stereocenters. The summed E-state index contributed by atoms with van der Waals surface area (Å²) in [6.07, 6.45) is 2.21. The summed E-state index contributed by atoms with van der Waals surface area (Å²) in [7, 11) is 1.43. The van der Waals surface area contributed by atoms with Crippen LogP contribution in [0.2, 0.25) is 0 Å². The van der Waals surface area contributed by atoms with E-state index in [4.69, 9.17) is 4.84 Å². The molecular formula is C22H39F3N5O4Y-. The van der Waals surface area contributed by atoms with E-state index in [-0.39, 0.29) is 69.4 Å². The van der Waals surface area contributed by atoms with Crippen molar-refractivity contribution in [1.82, 2.24) is 15.5 Å². The van der Waals surface area contributed by atoms with Crippen LogP contribution in [0, 0.1) is 23.2 Å². The van der Waals surface area contributed by atoms with Crippen LogP contribution >= 0.6 is 0 Å². The number of rotatable bonds is 7. The van der Waals surface area contributed by atoms with E-state index in [1.165, 1.54) is 11.9 Å². The molecule has 201 valence electrons. The Kier molecular flexibility index (Phi) is 25.3. The van der Waals surface area contributed by atoms with Crippen LogP contribution in [0.1, 0.15) is 60.3 Å².